The number of aromatic nitrogens is 1. The van der Waals surface area contributed by atoms with Crippen molar-refractivity contribution < 1.29 is 4.92 Å². The molecule has 0 radical (unpaired) electrons. The van der Waals surface area contributed by atoms with Crippen molar-refractivity contribution in [2.75, 3.05) is 5.32 Å². The SMILES string of the molecule is O=[N+]([O-])c1cc(Br)cnc1Nc1ccc(Br)c(I)c1. The van der Waals surface area contributed by atoms with Gasteiger partial charge in [0, 0.05) is 30.5 Å². The molecule has 0 aliphatic rings. The fourth-order valence-corrected chi connectivity index (χ4v) is 2.46. The third-order valence-electron chi connectivity index (χ3n) is 2.21. The predicted molar refractivity (Wildman–Crippen MR) is 88.7 cm³/mol. The van der Waals surface area contributed by atoms with Crippen LogP contribution in [0.2, 0.25) is 0 Å². The molecule has 98 valence electrons. The van der Waals surface area contributed by atoms with Crippen LogP contribution < -0.4 is 5.32 Å². The Kier molecular flexibility index (Phi) is 4.74. The Labute approximate surface area is 139 Å². The minimum absolute atomic E-state index is 0.0766. The van der Waals surface area contributed by atoms with Gasteiger partial charge in [-0.15, -0.1) is 0 Å². The molecule has 19 heavy (non-hydrogen) atoms. The number of hydrogen-bond acceptors (Lipinski definition) is 4. The highest BCUT2D eigenvalue weighted by Gasteiger charge is 2.16. The van der Waals surface area contributed by atoms with Crippen molar-refractivity contribution in [2.24, 2.45) is 0 Å². The molecule has 0 bridgehead atoms. The highest BCUT2D eigenvalue weighted by Crippen LogP contribution is 2.29. The monoisotopic (exact) mass is 497 g/mol. The number of nitro groups is 1. The second-order valence-corrected chi connectivity index (χ2v) is 6.46. The number of nitrogens with zero attached hydrogens (tertiary/aromatic N) is 2. The van der Waals surface area contributed by atoms with Crippen LogP contribution in [0.1, 0.15) is 0 Å². The van der Waals surface area contributed by atoms with Crippen LogP contribution in [0.5, 0.6) is 0 Å². The lowest BCUT2D eigenvalue weighted by molar-refractivity contribution is -0.384. The van der Waals surface area contributed by atoms with Crippen molar-refractivity contribution in [1.29, 1.82) is 0 Å². The Morgan fingerprint density at radius 2 is 2.05 bits per heavy atom. The molecule has 1 heterocycles. The number of rotatable bonds is 3. The number of pyridine rings is 1. The van der Waals surface area contributed by atoms with E-state index in [0.29, 0.717) is 4.47 Å². The van der Waals surface area contributed by atoms with E-state index >= 15 is 0 Å². The average Bonchev–Trinajstić information content (AvgIpc) is 2.36. The Morgan fingerprint density at radius 1 is 1.32 bits per heavy atom. The Bertz CT molecular complexity index is 652. The normalized spacial score (nSPS) is 10.3. The Morgan fingerprint density at radius 3 is 2.68 bits per heavy atom. The minimum Gasteiger partial charge on any atom is -0.334 e. The van der Waals surface area contributed by atoms with E-state index in [0.717, 1.165) is 13.7 Å². The average molecular weight is 499 g/mol. The summed E-state index contributed by atoms with van der Waals surface area (Å²) >= 11 is 8.74. The van der Waals surface area contributed by atoms with E-state index in [9.17, 15) is 10.1 Å². The molecule has 0 aliphatic heterocycles. The van der Waals surface area contributed by atoms with Gasteiger partial charge in [-0.3, -0.25) is 10.1 Å². The topological polar surface area (TPSA) is 68.1 Å². The summed E-state index contributed by atoms with van der Waals surface area (Å²) < 4.78 is 2.54. The lowest BCUT2D eigenvalue weighted by Crippen LogP contribution is -1.99. The fraction of sp³-hybridized carbons (Fsp3) is 0. The van der Waals surface area contributed by atoms with Crippen molar-refractivity contribution in [2.45, 2.75) is 0 Å². The van der Waals surface area contributed by atoms with Gasteiger partial charge in [0.1, 0.15) is 0 Å². The third-order valence-corrected chi connectivity index (χ3v) is 4.97. The molecule has 0 atom stereocenters. The highest BCUT2D eigenvalue weighted by molar-refractivity contribution is 14.1. The van der Waals surface area contributed by atoms with Gasteiger partial charge in [-0.2, -0.15) is 0 Å². The van der Waals surface area contributed by atoms with Crippen LogP contribution in [0.3, 0.4) is 0 Å². The van der Waals surface area contributed by atoms with Crippen molar-refractivity contribution in [3.8, 4) is 0 Å². The van der Waals surface area contributed by atoms with Crippen molar-refractivity contribution in [1.82, 2.24) is 4.98 Å². The van der Waals surface area contributed by atoms with Gasteiger partial charge in [0.2, 0.25) is 5.82 Å². The molecule has 8 heteroatoms. The smallest absolute Gasteiger partial charge is 0.312 e. The van der Waals surface area contributed by atoms with Crippen LogP contribution in [-0.4, -0.2) is 9.91 Å². The van der Waals surface area contributed by atoms with Crippen LogP contribution in [0, 0.1) is 13.7 Å². The first-order chi connectivity index (χ1) is 8.97. The van der Waals surface area contributed by atoms with Crippen LogP contribution in [0.15, 0.2) is 39.4 Å². The predicted octanol–water partition coefficient (Wildman–Crippen LogP) is 4.86. The standard InChI is InChI=1S/C11H6Br2IN3O2/c12-6-3-10(17(18)19)11(15-5-6)16-7-1-2-8(13)9(14)4-7/h1-5H,(H,15,16). The van der Waals surface area contributed by atoms with Gasteiger partial charge in [-0.25, -0.2) is 4.98 Å². The van der Waals surface area contributed by atoms with Crippen molar-refractivity contribution >= 4 is 71.6 Å². The number of nitrogens with one attached hydrogen (secondary N) is 1. The van der Waals surface area contributed by atoms with Gasteiger partial charge >= 0.3 is 5.69 Å². The number of halogens is 3. The Balaban J connectivity index is 2.37. The second kappa shape index (κ2) is 6.14. The molecular weight excluding hydrogens is 493 g/mol. The summed E-state index contributed by atoms with van der Waals surface area (Å²) in [6.45, 7) is 0. The summed E-state index contributed by atoms with van der Waals surface area (Å²) in [5.74, 6) is 0.214. The summed E-state index contributed by atoms with van der Waals surface area (Å²) in [4.78, 5) is 14.5. The first kappa shape index (κ1) is 14.7. The third kappa shape index (κ3) is 3.63. The molecule has 1 N–H and O–H groups in total. The van der Waals surface area contributed by atoms with E-state index in [-0.39, 0.29) is 11.5 Å². The summed E-state index contributed by atoms with van der Waals surface area (Å²) in [5.41, 5.74) is 0.665. The van der Waals surface area contributed by atoms with E-state index in [1.54, 1.807) is 0 Å². The van der Waals surface area contributed by atoms with Crippen molar-refractivity contribution in [3.63, 3.8) is 0 Å². The van der Waals surface area contributed by atoms with Crippen LogP contribution in [0.4, 0.5) is 17.2 Å². The first-order valence-corrected chi connectivity index (χ1v) is 7.66. The zero-order valence-corrected chi connectivity index (χ0v) is 14.6. The lowest BCUT2D eigenvalue weighted by Gasteiger charge is -2.07. The minimum atomic E-state index is -0.468. The molecule has 2 rings (SSSR count). The molecule has 1 aromatic carbocycles. The number of hydrogen-bond donors (Lipinski definition) is 1. The summed E-state index contributed by atoms with van der Waals surface area (Å²) in [6, 6.07) is 6.98. The molecule has 0 fully saturated rings. The first-order valence-electron chi connectivity index (χ1n) is 4.99. The van der Waals surface area contributed by atoms with Gasteiger partial charge in [0.15, 0.2) is 0 Å². The van der Waals surface area contributed by atoms with Gasteiger partial charge in [-0.05, 0) is 72.6 Å². The van der Waals surface area contributed by atoms with Gasteiger partial charge in [0.05, 0.1) is 4.92 Å². The molecule has 2 aromatic rings. The van der Waals surface area contributed by atoms with Gasteiger partial charge in [-0.1, -0.05) is 0 Å². The number of benzene rings is 1. The summed E-state index contributed by atoms with van der Waals surface area (Å²) in [6.07, 6.45) is 1.51. The summed E-state index contributed by atoms with van der Waals surface area (Å²) in [7, 11) is 0. The van der Waals surface area contributed by atoms with Crippen LogP contribution in [0.25, 0.3) is 0 Å². The highest BCUT2D eigenvalue weighted by atomic mass is 127. The fourth-order valence-electron chi connectivity index (χ4n) is 1.37. The molecule has 0 unspecified atom stereocenters. The molecule has 0 aliphatic carbocycles. The van der Waals surface area contributed by atoms with Gasteiger partial charge in [0.25, 0.3) is 0 Å². The molecule has 0 amide bonds. The number of anilines is 2. The van der Waals surface area contributed by atoms with E-state index in [1.807, 2.05) is 18.2 Å². The van der Waals surface area contributed by atoms with E-state index < -0.39 is 4.92 Å². The van der Waals surface area contributed by atoms with E-state index in [1.165, 1.54) is 12.3 Å². The maximum Gasteiger partial charge on any atom is 0.312 e. The summed E-state index contributed by atoms with van der Waals surface area (Å²) in [5, 5.41) is 13.9. The maximum atomic E-state index is 11.0. The van der Waals surface area contributed by atoms with E-state index in [4.69, 9.17) is 0 Å². The lowest BCUT2D eigenvalue weighted by atomic mass is 10.3. The van der Waals surface area contributed by atoms with E-state index in [2.05, 4.69) is 64.8 Å². The molecule has 0 saturated carbocycles. The molecule has 0 saturated heterocycles. The van der Waals surface area contributed by atoms with Crippen LogP contribution in [-0.2, 0) is 0 Å². The van der Waals surface area contributed by atoms with Crippen molar-refractivity contribution in [3.05, 3.63) is 53.1 Å². The Hall–Kier alpha value is -0.740. The molecule has 1 aromatic heterocycles. The quantitative estimate of drug-likeness (QED) is 0.373. The molecular formula is C11H6Br2IN3O2. The van der Waals surface area contributed by atoms with Gasteiger partial charge < -0.3 is 5.32 Å². The van der Waals surface area contributed by atoms with Crippen LogP contribution >= 0.6 is 54.5 Å². The second-order valence-electron chi connectivity index (χ2n) is 3.53. The zero-order valence-electron chi connectivity index (χ0n) is 9.23. The molecule has 0 spiro atoms. The maximum absolute atomic E-state index is 11.0. The molecule has 5 nitrogen and oxygen atoms in total. The zero-order chi connectivity index (χ0) is 14.0. The largest absolute Gasteiger partial charge is 0.334 e.